The predicted molar refractivity (Wildman–Crippen MR) is 82.1 cm³/mol. The summed E-state index contributed by atoms with van der Waals surface area (Å²) in [5, 5.41) is 3.30. The molecule has 0 aromatic carbocycles. The minimum atomic E-state index is 0.301. The molecule has 1 aliphatic rings. The monoisotopic (exact) mass is 327 g/mol. The minimum absolute atomic E-state index is 0.301. The predicted octanol–water partition coefficient (Wildman–Crippen LogP) is 2.50. The molecule has 19 heavy (non-hydrogen) atoms. The summed E-state index contributed by atoms with van der Waals surface area (Å²) in [4.78, 5) is 10.7. The van der Waals surface area contributed by atoms with Crippen molar-refractivity contribution < 1.29 is 0 Å². The normalized spacial score (nSPS) is 20.4. The van der Waals surface area contributed by atoms with Gasteiger partial charge >= 0.3 is 0 Å². The van der Waals surface area contributed by atoms with Crippen molar-refractivity contribution in [3.8, 4) is 0 Å². The van der Waals surface area contributed by atoms with Crippen molar-refractivity contribution in [2.75, 3.05) is 30.7 Å². The lowest BCUT2D eigenvalue weighted by molar-refractivity contribution is 0.160. The molecular weight excluding hydrogens is 306 g/mol. The zero-order valence-electron chi connectivity index (χ0n) is 11.4. The Bertz CT molecular complexity index is 412. The number of nitrogens with two attached hydrogens (primary N) is 1. The number of nitrogen functional groups attached to an aromatic ring is 1. The number of halogens is 1. The van der Waals surface area contributed by atoms with Crippen LogP contribution in [0.2, 0.25) is 0 Å². The number of nitrogens with zero attached hydrogens (tertiary/aromatic N) is 3. The number of aromatic nitrogens is 2. The van der Waals surface area contributed by atoms with Gasteiger partial charge in [0, 0.05) is 25.3 Å². The number of anilines is 2. The quantitative estimate of drug-likeness (QED) is 0.813. The average molecular weight is 328 g/mol. The summed E-state index contributed by atoms with van der Waals surface area (Å²) >= 11 is 3.42. The maximum absolute atomic E-state index is 5.58. The molecule has 2 rings (SSSR count). The van der Waals surface area contributed by atoms with Gasteiger partial charge in [0.05, 0.1) is 4.47 Å². The van der Waals surface area contributed by atoms with Crippen LogP contribution in [0.5, 0.6) is 0 Å². The van der Waals surface area contributed by atoms with Crippen molar-refractivity contribution in [2.45, 2.75) is 38.6 Å². The molecule has 0 saturated carbocycles. The van der Waals surface area contributed by atoms with Crippen molar-refractivity contribution in [3.05, 3.63) is 10.7 Å². The number of piperidine rings is 1. The Morgan fingerprint density at radius 2 is 2.37 bits per heavy atom. The molecule has 0 spiro atoms. The molecule has 1 aliphatic heterocycles. The van der Waals surface area contributed by atoms with Gasteiger partial charge in [-0.05, 0) is 48.7 Å². The van der Waals surface area contributed by atoms with E-state index in [-0.39, 0.29) is 0 Å². The van der Waals surface area contributed by atoms with Gasteiger partial charge in [0.15, 0.2) is 0 Å². The molecule has 5 nitrogen and oxygen atoms in total. The maximum Gasteiger partial charge on any atom is 0.221 e. The van der Waals surface area contributed by atoms with E-state index in [0.717, 1.165) is 35.8 Å². The third-order valence-corrected chi connectivity index (χ3v) is 4.20. The number of likely N-dealkylation sites (tertiary alicyclic amines) is 1. The van der Waals surface area contributed by atoms with Crippen LogP contribution in [-0.2, 0) is 0 Å². The van der Waals surface area contributed by atoms with Crippen molar-refractivity contribution >= 4 is 27.7 Å². The number of hydrogen-bond donors (Lipinski definition) is 2. The summed E-state index contributed by atoms with van der Waals surface area (Å²) in [5.41, 5.74) is 5.58. The highest BCUT2D eigenvalue weighted by Gasteiger charge is 2.17. The fourth-order valence-electron chi connectivity index (χ4n) is 2.48. The van der Waals surface area contributed by atoms with E-state index in [2.05, 4.69) is 43.0 Å². The SMILES string of the molecule is CC1CCCCN1CCCNc1nc(N)ncc1Br. The van der Waals surface area contributed by atoms with Gasteiger partial charge < -0.3 is 16.0 Å². The molecule has 1 atom stereocenters. The molecule has 0 bridgehead atoms. The molecule has 1 saturated heterocycles. The van der Waals surface area contributed by atoms with Crippen molar-refractivity contribution in [1.82, 2.24) is 14.9 Å². The van der Waals surface area contributed by atoms with Crippen LogP contribution in [0.3, 0.4) is 0 Å². The fraction of sp³-hybridized carbons (Fsp3) is 0.692. The molecule has 1 unspecified atom stereocenters. The maximum atomic E-state index is 5.58. The Labute approximate surface area is 123 Å². The zero-order valence-corrected chi connectivity index (χ0v) is 13.0. The molecule has 3 N–H and O–H groups in total. The highest BCUT2D eigenvalue weighted by molar-refractivity contribution is 9.10. The van der Waals surface area contributed by atoms with E-state index < -0.39 is 0 Å². The van der Waals surface area contributed by atoms with Gasteiger partial charge in [0.1, 0.15) is 5.82 Å². The van der Waals surface area contributed by atoms with E-state index >= 15 is 0 Å². The van der Waals surface area contributed by atoms with Crippen LogP contribution in [-0.4, -0.2) is 40.5 Å². The lowest BCUT2D eigenvalue weighted by atomic mass is 10.0. The van der Waals surface area contributed by atoms with Gasteiger partial charge in [0.2, 0.25) is 5.95 Å². The first-order valence-electron chi connectivity index (χ1n) is 6.93. The van der Waals surface area contributed by atoms with E-state index in [1.165, 1.54) is 25.8 Å². The van der Waals surface area contributed by atoms with Crippen LogP contribution in [0, 0.1) is 0 Å². The second-order valence-electron chi connectivity index (χ2n) is 5.09. The van der Waals surface area contributed by atoms with Gasteiger partial charge in [-0.2, -0.15) is 4.98 Å². The Kier molecular flexibility index (Phi) is 5.39. The highest BCUT2D eigenvalue weighted by atomic mass is 79.9. The molecule has 0 amide bonds. The van der Waals surface area contributed by atoms with Crippen LogP contribution < -0.4 is 11.1 Å². The van der Waals surface area contributed by atoms with E-state index in [1.54, 1.807) is 6.20 Å². The largest absolute Gasteiger partial charge is 0.369 e. The first-order valence-corrected chi connectivity index (χ1v) is 7.72. The lowest BCUT2D eigenvalue weighted by Gasteiger charge is -2.33. The van der Waals surface area contributed by atoms with Crippen LogP contribution in [0.15, 0.2) is 10.7 Å². The number of rotatable bonds is 5. The lowest BCUT2D eigenvalue weighted by Crippen LogP contribution is -2.38. The topological polar surface area (TPSA) is 67.1 Å². The molecular formula is C13H22BrN5. The fourth-order valence-corrected chi connectivity index (χ4v) is 2.81. The number of nitrogens with one attached hydrogen (secondary N) is 1. The Balaban J connectivity index is 1.73. The molecule has 0 radical (unpaired) electrons. The van der Waals surface area contributed by atoms with Gasteiger partial charge in [-0.1, -0.05) is 6.42 Å². The summed E-state index contributed by atoms with van der Waals surface area (Å²) < 4.78 is 0.855. The summed E-state index contributed by atoms with van der Waals surface area (Å²) in [7, 11) is 0. The highest BCUT2D eigenvalue weighted by Crippen LogP contribution is 2.19. The van der Waals surface area contributed by atoms with Gasteiger partial charge in [-0.15, -0.1) is 0 Å². The molecule has 1 aromatic heterocycles. The zero-order chi connectivity index (χ0) is 13.7. The van der Waals surface area contributed by atoms with Crippen molar-refractivity contribution in [1.29, 1.82) is 0 Å². The number of hydrogen-bond acceptors (Lipinski definition) is 5. The van der Waals surface area contributed by atoms with E-state index in [0.29, 0.717) is 5.95 Å². The summed E-state index contributed by atoms with van der Waals surface area (Å²) in [6.07, 6.45) is 6.84. The Morgan fingerprint density at radius 3 is 3.16 bits per heavy atom. The minimum Gasteiger partial charge on any atom is -0.369 e. The van der Waals surface area contributed by atoms with Crippen LogP contribution in [0.1, 0.15) is 32.6 Å². The van der Waals surface area contributed by atoms with Crippen LogP contribution >= 0.6 is 15.9 Å². The molecule has 0 aliphatic carbocycles. The average Bonchev–Trinajstić information content (AvgIpc) is 2.40. The Hall–Kier alpha value is -0.880. The molecule has 6 heteroatoms. The van der Waals surface area contributed by atoms with E-state index in [9.17, 15) is 0 Å². The first kappa shape index (κ1) is 14.5. The van der Waals surface area contributed by atoms with E-state index in [4.69, 9.17) is 5.73 Å². The molecule has 1 fully saturated rings. The molecule has 2 heterocycles. The van der Waals surface area contributed by atoms with Crippen LogP contribution in [0.4, 0.5) is 11.8 Å². The van der Waals surface area contributed by atoms with E-state index in [1.807, 2.05) is 0 Å². The summed E-state index contributed by atoms with van der Waals surface area (Å²) in [6.45, 7) is 5.62. The molecule has 106 valence electrons. The standard InChI is InChI=1S/C13H22BrN5/c1-10-5-2-3-7-19(10)8-4-6-16-12-11(14)9-17-13(15)18-12/h9-10H,2-8H2,1H3,(H3,15,16,17,18). The second kappa shape index (κ2) is 7.05. The Morgan fingerprint density at radius 1 is 1.53 bits per heavy atom. The summed E-state index contributed by atoms with van der Waals surface area (Å²) in [5.74, 6) is 1.08. The summed E-state index contributed by atoms with van der Waals surface area (Å²) in [6, 6.07) is 0.732. The third-order valence-electron chi connectivity index (χ3n) is 3.62. The van der Waals surface area contributed by atoms with Gasteiger partial charge in [-0.25, -0.2) is 4.98 Å². The smallest absolute Gasteiger partial charge is 0.221 e. The van der Waals surface area contributed by atoms with Gasteiger partial charge in [-0.3, -0.25) is 0 Å². The van der Waals surface area contributed by atoms with Crippen molar-refractivity contribution in [2.24, 2.45) is 0 Å². The first-order chi connectivity index (χ1) is 9.16. The third kappa shape index (κ3) is 4.31. The molecule has 1 aromatic rings. The van der Waals surface area contributed by atoms with Gasteiger partial charge in [0.25, 0.3) is 0 Å². The van der Waals surface area contributed by atoms with Crippen LogP contribution in [0.25, 0.3) is 0 Å². The second-order valence-corrected chi connectivity index (χ2v) is 5.94. The van der Waals surface area contributed by atoms with Crippen molar-refractivity contribution in [3.63, 3.8) is 0 Å².